The lowest BCUT2D eigenvalue weighted by atomic mass is 10.3. The lowest BCUT2D eigenvalue weighted by Crippen LogP contribution is -2.34. The van der Waals surface area contributed by atoms with Crippen molar-refractivity contribution in [3.8, 4) is 0 Å². The monoisotopic (exact) mass is 199 g/mol. The van der Waals surface area contributed by atoms with E-state index in [9.17, 15) is 4.79 Å². The molecule has 0 radical (unpaired) electrons. The highest BCUT2D eigenvalue weighted by Gasteiger charge is 2.29. The zero-order valence-electron chi connectivity index (χ0n) is 8.95. The Balaban J connectivity index is 2.41. The normalized spacial score (nSPS) is 21.9. The number of carbonyl (C=O) groups is 1. The van der Waals surface area contributed by atoms with Crippen LogP contribution < -0.4 is 0 Å². The molecule has 1 aliphatic rings. The quantitative estimate of drug-likeness (QED) is 0.284. The number of ether oxygens (including phenoxy) is 2. The van der Waals surface area contributed by atoms with Crippen molar-refractivity contribution in [1.82, 2.24) is 4.90 Å². The van der Waals surface area contributed by atoms with E-state index < -0.39 is 0 Å². The summed E-state index contributed by atoms with van der Waals surface area (Å²) in [5, 5.41) is 0. The molecule has 1 fully saturated rings. The Hall–Kier alpha value is -0.870. The van der Waals surface area contributed by atoms with Crippen molar-refractivity contribution in [3.05, 3.63) is 12.2 Å². The van der Waals surface area contributed by atoms with Crippen molar-refractivity contribution in [2.75, 3.05) is 20.7 Å². The smallest absolute Gasteiger partial charge is 0.334 e. The standard InChI is InChI=1S/C10H17NO3/c1-7(2)10(12)14-9(11(3)4)5-8-6-13-8/h8-9H,1,5-6H2,2-4H3. The highest BCUT2D eigenvalue weighted by Crippen LogP contribution is 2.19. The van der Waals surface area contributed by atoms with Crippen molar-refractivity contribution in [3.63, 3.8) is 0 Å². The molecule has 0 N–H and O–H groups in total. The fourth-order valence-electron chi connectivity index (χ4n) is 1.02. The largest absolute Gasteiger partial charge is 0.443 e. The second kappa shape index (κ2) is 4.57. The summed E-state index contributed by atoms with van der Waals surface area (Å²) in [5.74, 6) is -0.343. The zero-order chi connectivity index (χ0) is 10.7. The van der Waals surface area contributed by atoms with Gasteiger partial charge in [0.25, 0.3) is 0 Å². The predicted molar refractivity (Wildman–Crippen MR) is 52.7 cm³/mol. The fraction of sp³-hybridized carbons (Fsp3) is 0.700. The highest BCUT2D eigenvalue weighted by atomic mass is 16.6. The number of hydrogen-bond acceptors (Lipinski definition) is 4. The van der Waals surface area contributed by atoms with Gasteiger partial charge in [-0.25, -0.2) is 4.79 Å². The van der Waals surface area contributed by atoms with Crippen LogP contribution in [-0.2, 0) is 14.3 Å². The third kappa shape index (κ3) is 3.47. The predicted octanol–water partition coefficient (Wildman–Crippen LogP) is 0.782. The Morgan fingerprint density at radius 1 is 1.71 bits per heavy atom. The minimum absolute atomic E-state index is 0.216. The molecule has 1 rings (SSSR count). The van der Waals surface area contributed by atoms with Gasteiger partial charge in [-0.05, 0) is 21.0 Å². The SMILES string of the molecule is C=C(C)C(=O)OC(CC1CO1)N(C)C. The van der Waals surface area contributed by atoms with Crippen LogP contribution in [0.1, 0.15) is 13.3 Å². The molecule has 2 unspecified atom stereocenters. The first-order valence-corrected chi connectivity index (χ1v) is 4.65. The molecule has 1 aliphatic heterocycles. The Bertz CT molecular complexity index is 234. The van der Waals surface area contributed by atoms with Gasteiger partial charge in [0.2, 0.25) is 0 Å². The van der Waals surface area contributed by atoms with Crippen LogP contribution in [0.3, 0.4) is 0 Å². The average Bonchev–Trinajstić information content (AvgIpc) is 2.86. The van der Waals surface area contributed by atoms with Crippen molar-refractivity contribution in [2.45, 2.75) is 25.7 Å². The molecule has 0 aromatic carbocycles. The summed E-state index contributed by atoms with van der Waals surface area (Å²) in [7, 11) is 3.75. The van der Waals surface area contributed by atoms with Crippen LogP contribution in [0.25, 0.3) is 0 Å². The number of epoxide rings is 1. The van der Waals surface area contributed by atoms with E-state index in [0.717, 1.165) is 13.0 Å². The Kier molecular flexibility index (Phi) is 3.66. The highest BCUT2D eigenvalue weighted by molar-refractivity contribution is 5.87. The Morgan fingerprint density at radius 3 is 2.64 bits per heavy atom. The summed E-state index contributed by atoms with van der Waals surface area (Å²) in [6.07, 6.45) is 0.762. The van der Waals surface area contributed by atoms with Crippen LogP contribution in [0.15, 0.2) is 12.2 Å². The maximum absolute atomic E-state index is 11.3. The number of nitrogens with zero attached hydrogens (tertiary/aromatic N) is 1. The number of rotatable bonds is 5. The van der Waals surface area contributed by atoms with Gasteiger partial charge in [-0.2, -0.15) is 0 Å². The maximum atomic E-state index is 11.3. The van der Waals surface area contributed by atoms with Gasteiger partial charge in [0, 0.05) is 12.0 Å². The van der Waals surface area contributed by atoms with Gasteiger partial charge in [0.15, 0.2) is 6.23 Å². The summed E-state index contributed by atoms with van der Waals surface area (Å²) in [4.78, 5) is 13.1. The molecule has 1 saturated heterocycles. The van der Waals surface area contributed by atoms with Crippen LogP contribution in [0.5, 0.6) is 0 Å². The third-order valence-corrected chi connectivity index (χ3v) is 2.03. The minimum Gasteiger partial charge on any atom is -0.443 e. The topological polar surface area (TPSA) is 42.1 Å². The summed E-state index contributed by atoms with van der Waals surface area (Å²) < 4.78 is 10.3. The molecule has 0 bridgehead atoms. The lowest BCUT2D eigenvalue weighted by molar-refractivity contribution is -0.152. The first kappa shape index (κ1) is 11.2. The van der Waals surface area contributed by atoms with Gasteiger partial charge in [0.1, 0.15) is 0 Å². The van der Waals surface area contributed by atoms with Gasteiger partial charge >= 0.3 is 5.97 Å². The van der Waals surface area contributed by atoms with Crippen molar-refractivity contribution in [2.24, 2.45) is 0 Å². The molecular formula is C10H17NO3. The molecule has 80 valence electrons. The molecule has 4 nitrogen and oxygen atoms in total. The summed E-state index contributed by atoms with van der Waals surface area (Å²) in [5.41, 5.74) is 0.425. The van der Waals surface area contributed by atoms with E-state index in [1.165, 1.54) is 0 Å². The van der Waals surface area contributed by atoms with E-state index in [1.807, 2.05) is 19.0 Å². The molecule has 0 aromatic heterocycles. The molecule has 0 aromatic rings. The van der Waals surface area contributed by atoms with Crippen LogP contribution in [0.2, 0.25) is 0 Å². The van der Waals surface area contributed by atoms with E-state index in [-0.39, 0.29) is 18.3 Å². The molecular weight excluding hydrogens is 182 g/mol. The zero-order valence-corrected chi connectivity index (χ0v) is 8.95. The molecule has 0 amide bonds. The maximum Gasteiger partial charge on any atom is 0.334 e. The van der Waals surface area contributed by atoms with Crippen molar-refractivity contribution in [1.29, 1.82) is 0 Å². The van der Waals surface area contributed by atoms with E-state index in [2.05, 4.69) is 6.58 Å². The van der Waals surface area contributed by atoms with Gasteiger partial charge in [-0.1, -0.05) is 6.58 Å². The second-order valence-corrected chi connectivity index (χ2v) is 3.79. The van der Waals surface area contributed by atoms with Crippen LogP contribution >= 0.6 is 0 Å². The van der Waals surface area contributed by atoms with Gasteiger partial charge < -0.3 is 9.47 Å². The van der Waals surface area contributed by atoms with E-state index in [1.54, 1.807) is 6.92 Å². The van der Waals surface area contributed by atoms with Gasteiger partial charge in [-0.3, -0.25) is 4.90 Å². The summed E-state index contributed by atoms with van der Waals surface area (Å²) in [6, 6.07) is 0. The molecule has 0 saturated carbocycles. The van der Waals surface area contributed by atoms with E-state index in [0.29, 0.717) is 5.57 Å². The van der Waals surface area contributed by atoms with Crippen LogP contribution in [0.4, 0.5) is 0 Å². The first-order valence-electron chi connectivity index (χ1n) is 4.65. The van der Waals surface area contributed by atoms with Crippen molar-refractivity contribution < 1.29 is 14.3 Å². The number of esters is 1. The average molecular weight is 199 g/mol. The molecule has 0 spiro atoms. The Morgan fingerprint density at radius 2 is 2.29 bits per heavy atom. The summed E-state index contributed by atoms with van der Waals surface area (Å²) in [6.45, 7) is 5.95. The third-order valence-electron chi connectivity index (χ3n) is 2.03. The van der Waals surface area contributed by atoms with Gasteiger partial charge in [-0.15, -0.1) is 0 Å². The number of hydrogen-bond donors (Lipinski definition) is 0. The molecule has 2 atom stereocenters. The van der Waals surface area contributed by atoms with Gasteiger partial charge in [0.05, 0.1) is 12.7 Å². The minimum atomic E-state index is -0.343. The molecule has 14 heavy (non-hydrogen) atoms. The van der Waals surface area contributed by atoms with E-state index >= 15 is 0 Å². The van der Waals surface area contributed by atoms with Crippen LogP contribution in [-0.4, -0.2) is 43.9 Å². The molecule has 1 heterocycles. The fourth-order valence-corrected chi connectivity index (χ4v) is 1.02. The van der Waals surface area contributed by atoms with Crippen LogP contribution in [0, 0.1) is 0 Å². The number of carbonyl (C=O) groups excluding carboxylic acids is 1. The first-order chi connectivity index (χ1) is 6.50. The molecule has 0 aliphatic carbocycles. The van der Waals surface area contributed by atoms with E-state index in [4.69, 9.17) is 9.47 Å². The molecule has 4 heteroatoms. The van der Waals surface area contributed by atoms with Crippen molar-refractivity contribution >= 4 is 5.97 Å². The Labute approximate surface area is 84.5 Å². The summed E-state index contributed by atoms with van der Waals surface area (Å²) >= 11 is 0. The second-order valence-electron chi connectivity index (χ2n) is 3.79. The lowest BCUT2D eigenvalue weighted by Gasteiger charge is -2.23.